The summed E-state index contributed by atoms with van der Waals surface area (Å²) in [6.07, 6.45) is 0. The van der Waals surface area contributed by atoms with Crippen molar-refractivity contribution >= 4 is 17.4 Å². The van der Waals surface area contributed by atoms with Crippen LogP contribution in [0.1, 0.15) is 18.1 Å². The molecule has 0 saturated heterocycles. The van der Waals surface area contributed by atoms with E-state index in [1.807, 2.05) is 43.3 Å². The van der Waals surface area contributed by atoms with Gasteiger partial charge in [0, 0.05) is 0 Å². The van der Waals surface area contributed by atoms with Gasteiger partial charge in [-0.2, -0.15) is 5.26 Å². The highest BCUT2D eigenvalue weighted by Gasteiger charge is 2.26. The Bertz CT molecular complexity index is 639. The zero-order chi connectivity index (χ0) is 14.6. The van der Waals surface area contributed by atoms with Gasteiger partial charge in [-0.3, -0.25) is 0 Å². The largest absolute Gasteiger partial charge is 0.394 e. The van der Waals surface area contributed by atoms with Crippen LogP contribution in [0.5, 0.6) is 0 Å². The Hall–Kier alpha value is -2.09. The molecule has 1 heterocycles. The normalized spacial score (nSPS) is 13.3. The molecule has 2 aromatic rings. The Balaban J connectivity index is 2.36. The minimum atomic E-state index is -0.703. The molecule has 1 aromatic heterocycles. The number of nitriles is 1. The third kappa shape index (κ3) is 3.08. The number of anilines is 1. The maximum atomic E-state index is 9.71. The number of hydrogen-bond acceptors (Lipinski definition) is 4. The third-order valence-corrected chi connectivity index (χ3v) is 3.25. The molecule has 2 N–H and O–H groups in total. The van der Waals surface area contributed by atoms with Crippen molar-refractivity contribution in [2.45, 2.75) is 12.5 Å². The fourth-order valence-electron chi connectivity index (χ4n) is 1.92. The predicted molar refractivity (Wildman–Crippen MR) is 78.5 cm³/mol. The fraction of sp³-hybridized carbons (Fsp3) is 0.200. The number of halogens is 1. The van der Waals surface area contributed by atoms with Gasteiger partial charge < -0.3 is 10.4 Å². The molecule has 20 heavy (non-hydrogen) atoms. The summed E-state index contributed by atoms with van der Waals surface area (Å²) in [6.45, 7) is 1.74. The number of benzene rings is 1. The Morgan fingerprint density at radius 3 is 2.65 bits per heavy atom. The van der Waals surface area contributed by atoms with Gasteiger partial charge >= 0.3 is 0 Å². The van der Waals surface area contributed by atoms with Crippen LogP contribution in [0.25, 0.3) is 0 Å². The zero-order valence-electron chi connectivity index (χ0n) is 11.0. The lowest BCUT2D eigenvalue weighted by molar-refractivity contribution is 0.223. The number of nitrogens with zero attached hydrogens (tertiary/aromatic N) is 2. The number of hydrogen-bond donors (Lipinski definition) is 2. The highest BCUT2D eigenvalue weighted by Crippen LogP contribution is 2.26. The minimum Gasteiger partial charge on any atom is -0.394 e. The van der Waals surface area contributed by atoms with Crippen LogP contribution in [0.15, 0.2) is 42.5 Å². The van der Waals surface area contributed by atoms with Gasteiger partial charge in [0.1, 0.15) is 11.0 Å². The lowest BCUT2D eigenvalue weighted by Gasteiger charge is -2.30. The monoisotopic (exact) mass is 287 g/mol. The van der Waals surface area contributed by atoms with Gasteiger partial charge in [-0.05, 0) is 24.6 Å². The summed E-state index contributed by atoms with van der Waals surface area (Å²) in [6, 6.07) is 14.7. The second-order valence-corrected chi connectivity index (χ2v) is 5.04. The van der Waals surface area contributed by atoms with Crippen molar-refractivity contribution in [3.05, 3.63) is 58.7 Å². The number of aliphatic hydroxyl groups is 1. The van der Waals surface area contributed by atoms with E-state index in [1.54, 1.807) is 6.07 Å². The second-order valence-electron chi connectivity index (χ2n) is 4.66. The van der Waals surface area contributed by atoms with Crippen molar-refractivity contribution in [3.8, 4) is 6.07 Å². The average Bonchev–Trinajstić information content (AvgIpc) is 2.47. The summed E-state index contributed by atoms with van der Waals surface area (Å²) in [5, 5.41) is 22.0. The quantitative estimate of drug-likeness (QED) is 0.848. The number of aromatic nitrogens is 1. The summed E-state index contributed by atoms with van der Waals surface area (Å²) < 4.78 is 0. The Labute approximate surface area is 122 Å². The molecule has 0 bridgehead atoms. The lowest BCUT2D eigenvalue weighted by atomic mass is 9.93. The topological polar surface area (TPSA) is 68.9 Å². The van der Waals surface area contributed by atoms with Gasteiger partial charge in [-0.15, -0.1) is 0 Å². The molecule has 1 unspecified atom stereocenters. The van der Waals surface area contributed by atoms with Gasteiger partial charge in [-0.1, -0.05) is 41.9 Å². The van der Waals surface area contributed by atoms with Crippen LogP contribution in [0.2, 0.25) is 5.15 Å². The van der Waals surface area contributed by atoms with E-state index in [1.165, 1.54) is 6.07 Å². The van der Waals surface area contributed by atoms with Crippen LogP contribution in [0, 0.1) is 11.3 Å². The van der Waals surface area contributed by atoms with Gasteiger partial charge in [-0.25, -0.2) is 4.98 Å². The number of aliphatic hydroxyl groups excluding tert-OH is 1. The molecule has 2 rings (SSSR count). The van der Waals surface area contributed by atoms with Gasteiger partial charge in [0.05, 0.1) is 23.8 Å². The lowest BCUT2D eigenvalue weighted by Crippen LogP contribution is -2.36. The highest BCUT2D eigenvalue weighted by atomic mass is 35.5. The molecule has 0 fully saturated rings. The summed E-state index contributed by atoms with van der Waals surface area (Å²) in [5.41, 5.74) is 0.634. The standard InChI is InChI=1S/C15H14ClN3O/c1-15(10-20,12-5-3-2-4-6-12)19-14-8-11(9-17)7-13(16)18-14/h2-8,20H,10H2,1H3,(H,18,19). The van der Waals surface area contributed by atoms with Crippen LogP contribution >= 0.6 is 11.6 Å². The molecule has 0 aliphatic rings. The molecule has 0 amide bonds. The van der Waals surface area contributed by atoms with Gasteiger partial charge in [0.25, 0.3) is 0 Å². The van der Waals surface area contributed by atoms with Crippen molar-refractivity contribution in [1.29, 1.82) is 5.26 Å². The summed E-state index contributed by atoms with van der Waals surface area (Å²) in [7, 11) is 0. The molecule has 0 aliphatic carbocycles. The van der Waals surface area contributed by atoms with Crippen molar-refractivity contribution < 1.29 is 5.11 Å². The molecule has 0 radical (unpaired) electrons. The van der Waals surface area contributed by atoms with Crippen LogP contribution in [0.4, 0.5) is 5.82 Å². The van der Waals surface area contributed by atoms with Gasteiger partial charge in [0.15, 0.2) is 0 Å². The SMILES string of the molecule is CC(CO)(Nc1cc(C#N)cc(Cl)n1)c1ccccc1. The molecule has 102 valence electrons. The molecular weight excluding hydrogens is 274 g/mol. The van der Waals surface area contributed by atoms with Crippen LogP contribution < -0.4 is 5.32 Å². The van der Waals surface area contributed by atoms with E-state index >= 15 is 0 Å². The summed E-state index contributed by atoms with van der Waals surface area (Å²) in [5.74, 6) is 0.453. The molecule has 1 atom stereocenters. The van der Waals surface area contributed by atoms with E-state index in [0.717, 1.165) is 5.56 Å². The first-order valence-corrected chi connectivity index (χ1v) is 6.47. The summed E-state index contributed by atoms with van der Waals surface area (Å²) in [4.78, 5) is 4.13. The summed E-state index contributed by atoms with van der Waals surface area (Å²) >= 11 is 5.88. The minimum absolute atomic E-state index is 0.118. The average molecular weight is 288 g/mol. The van der Waals surface area contributed by atoms with Crippen LogP contribution in [0.3, 0.4) is 0 Å². The van der Waals surface area contributed by atoms with Gasteiger partial charge in [0.2, 0.25) is 0 Å². The molecule has 4 nitrogen and oxygen atoms in total. The van der Waals surface area contributed by atoms with Crippen molar-refractivity contribution in [2.24, 2.45) is 0 Å². The molecule has 0 aliphatic heterocycles. The van der Waals surface area contributed by atoms with Crippen molar-refractivity contribution in [1.82, 2.24) is 4.98 Å². The Kier molecular flexibility index (Phi) is 4.23. The first-order valence-electron chi connectivity index (χ1n) is 6.09. The maximum Gasteiger partial charge on any atom is 0.132 e. The van der Waals surface area contributed by atoms with E-state index in [4.69, 9.17) is 16.9 Å². The van der Waals surface area contributed by atoms with E-state index in [-0.39, 0.29) is 11.8 Å². The second kappa shape index (κ2) is 5.91. The van der Waals surface area contributed by atoms with Crippen LogP contribution in [-0.4, -0.2) is 16.7 Å². The predicted octanol–water partition coefficient (Wildman–Crippen LogP) is 2.93. The third-order valence-electron chi connectivity index (χ3n) is 3.05. The van der Waals surface area contributed by atoms with Crippen molar-refractivity contribution in [2.75, 3.05) is 11.9 Å². The molecule has 1 aromatic carbocycles. The zero-order valence-corrected chi connectivity index (χ0v) is 11.7. The molecular formula is C15H14ClN3O. The smallest absolute Gasteiger partial charge is 0.132 e. The molecule has 0 saturated carbocycles. The maximum absolute atomic E-state index is 9.71. The number of nitrogens with one attached hydrogen (secondary N) is 1. The van der Waals surface area contributed by atoms with E-state index in [2.05, 4.69) is 10.3 Å². The first kappa shape index (κ1) is 14.3. The van der Waals surface area contributed by atoms with Crippen LogP contribution in [-0.2, 0) is 5.54 Å². The van der Waals surface area contributed by atoms with E-state index < -0.39 is 5.54 Å². The van der Waals surface area contributed by atoms with E-state index in [0.29, 0.717) is 11.4 Å². The molecule has 0 spiro atoms. The number of rotatable bonds is 4. The Morgan fingerprint density at radius 1 is 1.35 bits per heavy atom. The van der Waals surface area contributed by atoms with Crippen molar-refractivity contribution in [3.63, 3.8) is 0 Å². The number of pyridine rings is 1. The molecule has 5 heteroatoms. The fourth-order valence-corrected chi connectivity index (χ4v) is 2.13. The first-order chi connectivity index (χ1) is 9.57. The Morgan fingerprint density at radius 2 is 2.05 bits per heavy atom. The highest BCUT2D eigenvalue weighted by molar-refractivity contribution is 6.29. The van der Waals surface area contributed by atoms with E-state index in [9.17, 15) is 5.11 Å².